The molecule has 0 spiro atoms. The zero-order chi connectivity index (χ0) is 69.7. The van der Waals surface area contributed by atoms with E-state index in [2.05, 4.69) is 172 Å². The molecule has 0 fully saturated rings. The first kappa shape index (κ1) is 91.6. The molecule has 0 saturated carbocycles. The fraction of sp³-hybridized carbons (Fsp3) is 0.674. The average Bonchev–Trinajstić information content (AvgIpc) is 2.54. The van der Waals surface area contributed by atoms with Crippen molar-refractivity contribution in [1.29, 1.82) is 0 Å². The number of phosphoric acid groups is 1. The highest BCUT2D eigenvalue weighted by Crippen LogP contribution is 2.38. The second kappa shape index (κ2) is 74.8. The first-order chi connectivity index (χ1) is 47.0. The van der Waals surface area contributed by atoms with Gasteiger partial charge in [-0.15, -0.1) is 0 Å². The Labute approximate surface area is 592 Å². The Bertz CT molecular complexity index is 2180. The number of nitrogens with zero attached hydrogens (tertiary/aromatic N) is 1. The van der Waals surface area contributed by atoms with Crippen LogP contribution in [-0.4, -0.2) is 70.0 Å². The molecule has 0 aliphatic heterocycles. The molecule has 0 radical (unpaired) electrons. The van der Waals surface area contributed by atoms with Crippen molar-refractivity contribution in [2.75, 3.05) is 47.5 Å². The van der Waals surface area contributed by atoms with E-state index >= 15 is 0 Å². The van der Waals surface area contributed by atoms with Gasteiger partial charge in [0.05, 0.1) is 27.7 Å². The second-order valence-corrected chi connectivity index (χ2v) is 28.4. The van der Waals surface area contributed by atoms with Gasteiger partial charge in [-0.25, -0.2) is 0 Å². The number of hydrogen-bond donors (Lipinski definition) is 0. The van der Waals surface area contributed by atoms with Crippen LogP contribution in [0.4, 0.5) is 0 Å². The van der Waals surface area contributed by atoms with Gasteiger partial charge in [-0.1, -0.05) is 339 Å². The van der Waals surface area contributed by atoms with E-state index < -0.39 is 26.5 Å². The molecule has 0 aromatic carbocycles. The normalized spacial score (nSPS) is 13.9. The van der Waals surface area contributed by atoms with Crippen molar-refractivity contribution >= 4 is 19.8 Å². The third kappa shape index (κ3) is 78.6. The number of unbranched alkanes of at least 4 members (excludes halogenated alkanes) is 31. The van der Waals surface area contributed by atoms with Crippen LogP contribution in [-0.2, 0) is 32.7 Å². The van der Waals surface area contributed by atoms with E-state index in [0.29, 0.717) is 17.4 Å². The van der Waals surface area contributed by atoms with Gasteiger partial charge in [0, 0.05) is 12.8 Å². The third-order valence-electron chi connectivity index (χ3n) is 16.5. The highest BCUT2D eigenvalue weighted by molar-refractivity contribution is 7.45. The maximum Gasteiger partial charge on any atom is 0.306 e. The van der Waals surface area contributed by atoms with E-state index in [1.807, 2.05) is 21.1 Å². The van der Waals surface area contributed by atoms with Crippen molar-refractivity contribution in [2.45, 2.75) is 328 Å². The van der Waals surface area contributed by atoms with Crippen molar-refractivity contribution in [2.24, 2.45) is 0 Å². The second-order valence-electron chi connectivity index (χ2n) is 27.0. The molecule has 9 nitrogen and oxygen atoms in total. The summed E-state index contributed by atoms with van der Waals surface area (Å²) in [5, 5.41) is 0. The molecule has 0 heterocycles. The van der Waals surface area contributed by atoms with E-state index in [1.54, 1.807) is 0 Å². The van der Waals surface area contributed by atoms with E-state index in [1.165, 1.54) is 161 Å². The van der Waals surface area contributed by atoms with Gasteiger partial charge in [-0.3, -0.25) is 14.2 Å². The molecule has 0 N–H and O–H groups in total. The number of phosphoric ester groups is 1. The molecule has 96 heavy (non-hydrogen) atoms. The summed E-state index contributed by atoms with van der Waals surface area (Å²) in [7, 11) is 1.15. The molecule has 0 rings (SSSR count). The highest BCUT2D eigenvalue weighted by Gasteiger charge is 2.22. The number of allylic oxidation sites excluding steroid dienone is 26. The van der Waals surface area contributed by atoms with Gasteiger partial charge in [0.25, 0.3) is 7.82 Å². The van der Waals surface area contributed by atoms with E-state index in [9.17, 15) is 19.0 Å². The van der Waals surface area contributed by atoms with Gasteiger partial charge in [-0.05, 0) is 128 Å². The van der Waals surface area contributed by atoms with Crippen molar-refractivity contribution in [3.63, 3.8) is 0 Å². The Morgan fingerprint density at radius 1 is 0.333 bits per heavy atom. The summed E-state index contributed by atoms with van der Waals surface area (Å²) in [4.78, 5) is 38.2. The van der Waals surface area contributed by atoms with Gasteiger partial charge in [0.1, 0.15) is 19.8 Å². The minimum atomic E-state index is -4.66. The lowest BCUT2D eigenvalue weighted by molar-refractivity contribution is -0.870. The number of carbonyl (C=O) groups is 2. The van der Waals surface area contributed by atoms with Crippen LogP contribution in [0.2, 0.25) is 0 Å². The van der Waals surface area contributed by atoms with Gasteiger partial charge < -0.3 is 27.9 Å². The summed E-state index contributed by atoms with van der Waals surface area (Å²) in [6, 6.07) is 0. The van der Waals surface area contributed by atoms with Gasteiger partial charge >= 0.3 is 11.9 Å². The molecule has 2 unspecified atom stereocenters. The topological polar surface area (TPSA) is 111 Å². The van der Waals surface area contributed by atoms with Gasteiger partial charge in [-0.2, -0.15) is 0 Å². The van der Waals surface area contributed by atoms with Crippen LogP contribution < -0.4 is 4.89 Å². The first-order valence-corrected chi connectivity index (χ1v) is 40.7. The smallest absolute Gasteiger partial charge is 0.306 e. The van der Waals surface area contributed by atoms with Crippen molar-refractivity contribution in [1.82, 2.24) is 0 Å². The Morgan fingerprint density at radius 2 is 0.594 bits per heavy atom. The lowest BCUT2D eigenvalue weighted by atomic mass is 10.0. The quantitative estimate of drug-likeness (QED) is 0.0195. The average molecular weight is 1350 g/mol. The molecule has 0 saturated heterocycles. The molecule has 0 bridgehead atoms. The Hall–Kier alpha value is -4.37. The first-order valence-electron chi connectivity index (χ1n) is 39.2. The number of esters is 2. The van der Waals surface area contributed by atoms with Crippen molar-refractivity contribution in [3.05, 3.63) is 158 Å². The number of quaternary nitrogens is 1. The SMILES string of the molecule is CC/C=C\C/C=C\C/C=C\C/C=C\C/C=C\C/C=C\C/C=C\C/C=C\C/C=C\C/C=C\C/C=C\CCCCCCCCCC(=O)OC(COC(=O)CCCCCCCCCCCCCCCCCCCCC/C=C\C/C=C\CCCCCCC)COP(=O)([O-])OCC[N+](C)(C)C. The minimum absolute atomic E-state index is 0.0393. The van der Waals surface area contributed by atoms with Crippen LogP contribution in [0.15, 0.2) is 158 Å². The summed E-state index contributed by atoms with van der Waals surface area (Å²) in [6.45, 7) is 4.12. The summed E-state index contributed by atoms with van der Waals surface area (Å²) >= 11 is 0. The summed E-state index contributed by atoms with van der Waals surface area (Å²) in [6.07, 6.45) is 112. The monoisotopic (exact) mass is 1350 g/mol. The fourth-order valence-corrected chi connectivity index (χ4v) is 11.3. The minimum Gasteiger partial charge on any atom is -0.756 e. The van der Waals surface area contributed by atoms with Crippen LogP contribution in [0.1, 0.15) is 322 Å². The molecule has 548 valence electrons. The van der Waals surface area contributed by atoms with Crippen LogP contribution >= 0.6 is 7.82 Å². The molecule has 0 aromatic rings. The van der Waals surface area contributed by atoms with Crippen LogP contribution in [0.3, 0.4) is 0 Å². The third-order valence-corrected chi connectivity index (χ3v) is 17.5. The van der Waals surface area contributed by atoms with E-state index in [0.717, 1.165) is 128 Å². The Balaban J connectivity index is 4.07. The van der Waals surface area contributed by atoms with Crippen molar-refractivity contribution < 1.29 is 42.1 Å². The standard InChI is InChI=1S/C86H146NO8P/c1-6-8-10-12-14-16-18-20-22-24-26-28-30-32-34-36-38-39-40-41-42-43-44-45-46-47-49-51-53-55-57-59-61-63-65-67-69-71-73-75-77-79-86(89)95-84(83-94-96(90,91)93-81-80-87(3,4)5)82-92-85(88)78-76-74-72-70-68-66-64-62-60-58-56-54-52-50-48-37-35-33-31-29-27-25-23-21-19-17-15-13-11-9-7-2/h8,10,14,16,19-22,25-28,32,34,38-39,41-42,44-45,47,49,53,55,59,61,84H,6-7,9,11-13,15,17-18,23-24,29-31,33,35-37,40,43,46,48,50-52,54,56-58,60,62-83H2,1-5H3/b10-8-,16-14-,21-19-,22-20-,27-25-,28-26-,34-32-,39-38-,42-41-,45-44-,49-47-,55-53-,61-59-. The number of hydrogen-bond acceptors (Lipinski definition) is 8. The van der Waals surface area contributed by atoms with E-state index in [-0.39, 0.29) is 32.0 Å². The van der Waals surface area contributed by atoms with Crippen LogP contribution in [0, 0.1) is 0 Å². The molecule has 2 atom stereocenters. The predicted molar refractivity (Wildman–Crippen MR) is 415 cm³/mol. The van der Waals surface area contributed by atoms with Crippen molar-refractivity contribution in [3.8, 4) is 0 Å². The zero-order valence-corrected chi connectivity index (χ0v) is 63.4. The van der Waals surface area contributed by atoms with Crippen LogP contribution in [0.5, 0.6) is 0 Å². The Kier molecular flexibility index (Phi) is 71.4. The van der Waals surface area contributed by atoms with E-state index in [4.69, 9.17) is 18.5 Å². The Morgan fingerprint density at radius 3 is 0.885 bits per heavy atom. The summed E-state index contributed by atoms with van der Waals surface area (Å²) in [5.41, 5.74) is 0. The lowest BCUT2D eigenvalue weighted by Gasteiger charge is -2.28. The van der Waals surface area contributed by atoms with Gasteiger partial charge in [0.2, 0.25) is 0 Å². The molecule has 10 heteroatoms. The molecule has 0 aromatic heterocycles. The van der Waals surface area contributed by atoms with Gasteiger partial charge in [0.15, 0.2) is 6.10 Å². The number of carbonyl (C=O) groups excluding carboxylic acids is 2. The number of likely N-dealkylation sites (N-methyl/N-ethyl adjacent to an activating group) is 1. The number of rotatable bonds is 71. The summed E-state index contributed by atoms with van der Waals surface area (Å²) < 4.78 is 34.4. The predicted octanol–water partition coefficient (Wildman–Crippen LogP) is 25.6. The molecule has 0 aliphatic carbocycles. The maximum absolute atomic E-state index is 12.9. The van der Waals surface area contributed by atoms with Crippen LogP contribution in [0.25, 0.3) is 0 Å². The molecule has 0 aliphatic rings. The molecular weight excluding hydrogens is 1210 g/mol. The largest absolute Gasteiger partial charge is 0.756 e. The molecule has 0 amide bonds. The number of ether oxygens (including phenoxy) is 2. The fourth-order valence-electron chi connectivity index (χ4n) is 10.6. The lowest BCUT2D eigenvalue weighted by Crippen LogP contribution is -2.37. The zero-order valence-electron chi connectivity index (χ0n) is 62.5. The maximum atomic E-state index is 12.9. The summed E-state index contributed by atoms with van der Waals surface area (Å²) in [5.74, 6) is -0.845. The molecular formula is C86H146NO8P. The highest BCUT2D eigenvalue weighted by atomic mass is 31.2.